The van der Waals surface area contributed by atoms with Crippen LogP contribution in [0, 0.1) is 6.92 Å². The third kappa shape index (κ3) is 2.86. The molecule has 1 heterocycles. The van der Waals surface area contributed by atoms with E-state index in [-0.39, 0.29) is 6.54 Å². The van der Waals surface area contributed by atoms with Gasteiger partial charge in [-0.05, 0) is 18.5 Å². The van der Waals surface area contributed by atoms with Crippen LogP contribution in [0.25, 0.3) is 0 Å². The molecule has 0 aliphatic carbocycles. The van der Waals surface area contributed by atoms with E-state index in [9.17, 15) is 4.79 Å². The lowest BCUT2D eigenvalue weighted by Gasteiger charge is -1.94. The fourth-order valence-electron chi connectivity index (χ4n) is 0.582. The minimum Gasteiger partial charge on any atom is -0.353 e. The maximum Gasteiger partial charge on any atom is 0.240 e. The molecule has 0 atom stereocenters. The Kier molecular flexibility index (Phi) is 2.84. The molecule has 0 aromatic carbocycles. The van der Waals surface area contributed by atoms with Gasteiger partial charge in [-0.3, -0.25) is 4.79 Å². The molecule has 11 heavy (non-hydrogen) atoms. The van der Waals surface area contributed by atoms with Gasteiger partial charge in [0.05, 0.1) is 6.54 Å². The molecular formula is C6H7ClN2OS. The van der Waals surface area contributed by atoms with Crippen LogP contribution in [0.3, 0.4) is 0 Å². The maximum atomic E-state index is 10.3. The first kappa shape index (κ1) is 8.49. The Labute approximate surface area is 73.4 Å². The van der Waals surface area contributed by atoms with Crippen LogP contribution >= 0.6 is 22.9 Å². The van der Waals surface area contributed by atoms with E-state index in [0.29, 0.717) is 0 Å². The van der Waals surface area contributed by atoms with Gasteiger partial charge in [0.1, 0.15) is 0 Å². The van der Waals surface area contributed by atoms with E-state index in [1.165, 1.54) is 11.3 Å². The molecule has 0 bridgehead atoms. The quantitative estimate of drug-likeness (QED) is 0.737. The van der Waals surface area contributed by atoms with Crippen LogP contribution in [0.1, 0.15) is 4.88 Å². The summed E-state index contributed by atoms with van der Waals surface area (Å²) in [5.74, 6) is 0. The van der Waals surface area contributed by atoms with Crippen molar-refractivity contribution in [2.75, 3.05) is 11.9 Å². The maximum absolute atomic E-state index is 10.3. The molecule has 0 spiro atoms. The molecule has 0 unspecified atom stereocenters. The van der Waals surface area contributed by atoms with Crippen molar-refractivity contribution in [3.63, 3.8) is 0 Å². The number of carbonyl (C=O) groups is 1. The zero-order valence-electron chi connectivity index (χ0n) is 5.93. The van der Waals surface area contributed by atoms with Crippen LogP contribution in [-0.4, -0.2) is 16.8 Å². The molecule has 1 N–H and O–H groups in total. The lowest BCUT2D eigenvalue weighted by molar-refractivity contribution is -0.110. The first-order valence-electron chi connectivity index (χ1n) is 3.03. The van der Waals surface area contributed by atoms with E-state index in [1.54, 1.807) is 6.20 Å². The predicted octanol–water partition coefficient (Wildman–Crippen LogP) is 1.63. The van der Waals surface area contributed by atoms with Crippen LogP contribution < -0.4 is 5.32 Å². The number of hydrogen-bond acceptors (Lipinski definition) is 4. The highest BCUT2D eigenvalue weighted by Crippen LogP contribution is 2.15. The van der Waals surface area contributed by atoms with Gasteiger partial charge >= 0.3 is 0 Å². The van der Waals surface area contributed by atoms with Crippen LogP contribution in [0.2, 0.25) is 0 Å². The number of anilines is 1. The van der Waals surface area contributed by atoms with Crippen molar-refractivity contribution < 1.29 is 4.79 Å². The van der Waals surface area contributed by atoms with Crippen LogP contribution in [0.4, 0.5) is 5.13 Å². The molecule has 1 rings (SSSR count). The van der Waals surface area contributed by atoms with Gasteiger partial charge in [-0.25, -0.2) is 4.98 Å². The molecule has 0 fully saturated rings. The van der Waals surface area contributed by atoms with Gasteiger partial charge in [0.25, 0.3) is 0 Å². The van der Waals surface area contributed by atoms with Crippen molar-refractivity contribution in [3.8, 4) is 0 Å². The van der Waals surface area contributed by atoms with Gasteiger partial charge in [0, 0.05) is 11.1 Å². The molecule has 0 aliphatic heterocycles. The third-order valence-corrected chi connectivity index (χ3v) is 2.00. The Balaban J connectivity index is 2.45. The molecule has 0 aliphatic rings. The number of carbonyl (C=O) groups excluding carboxylic acids is 1. The van der Waals surface area contributed by atoms with Crippen LogP contribution in [0.5, 0.6) is 0 Å². The average Bonchev–Trinajstić information content (AvgIpc) is 2.31. The average molecular weight is 191 g/mol. The standard InChI is InChI=1S/C6H7ClN2OS/c1-4-2-8-6(11-4)9-3-5(7)10/h2H,3H2,1H3,(H,8,9). The number of nitrogens with one attached hydrogen (secondary N) is 1. The first-order valence-corrected chi connectivity index (χ1v) is 4.22. The summed E-state index contributed by atoms with van der Waals surface area (Å²) < 4.78 is 0. The lowest BCUT2D eigenvalue weighted by atomic mass is 10.6. The summed E-state index contributed by atoms with van der Waals surface area (Å²) in [6.45, 7) is 2.08. The Hall–Kier alpha value is -0.610. The second-order valence-electron chi connectivity index (χ2n) is 1.98. The third-order valence-electron chi connectivity index (χ3n) is 1.000. The summed E-state index contributed by atoms with van der Waals surface area (Å²) in [6, 6.07) is 0. The van der Waals surface area contributed by atoms with E-state index < -0.39 is 5.24 Å². The van der Waals surface area contributed by atoms with Crippen molar-refractivity contribution in [1.82, 2.24) is 4.98 Å². The second kappa shape index (κ2) is 3.69. The van der Waals surface area contributed by atoms with E-state index in [2.05, 4.69) is 10.3 Å². The summed E-state index contributed by atoms with van der Waals surface area (Å²) in [5, 5.41) is 3.12. The summed E-state index contributed by atoms with van der Waals surface area (Å²) in [5.41, 5.74) is 0. The van der Waals surface area contributed by atoms with E-state index in [4.69, 9.17) is 11.6 Å². The normalized spacial score (nSPS) is 9.64. The first-order chi connectivity index (χ1) is 5.18. The highest BCUT2D eigenvalue weighted by molar-refractivity contribution is 7.15. The van der Waals surface area contributed by atoms with Gasteiger partial charge in [-0.15, -0.1) is 11.3 Å². The van der Waals surface area contributed by atoms with Crippen LogP contribution in [-0.2, 0) is 4.79 Å². The molecule has 60 valence electrons. The number of nitrogens with zero attached hydrogens (tertiary/aromatic N) is 1. The molecule has 3 nitrogen and oxygen atoms in total. The minimum atomic E-state index is -0.405. The highest BCUT2D eigenvalue weighted by atomic mass is 35.5. The van der Waals surface area contributed by atoms with E-state index >= 15 is 0 Å². The van der Waals surface area contributed by atoms with Crippen molar-refractivity contribution in [2.24, 2.45) is 0 Å². The van der Waals surface area contributed by atoms with Gasteiger partial charge in [0.15, 0.2) is 5.13 Å². The zero-order valence-corrected chi connectivity index (χ0v) is 7.50. The zero-order chi connectivity index (χ0) is 8.27. The number of aryl methyl sites for hydroxylation is 1. The van der Waals surface area contributed by atoms with Crippen molar-refractivity contribution in [3.05, 3.63) is 11.1 Å². The highest BCUT2D eigenvalue weighted by Gasteiger charge is 1.99. The largest absolute Gasteiger partial charge is 0.353 e. The second-order valence-corrected chi connectivity index (χ2v) is 3.64. The fourth-order valence-corrected chi connectivity index (χ4v) is 1.31. The number of thiazole rings is 1. The molecule has 0 amide bonds. The summed E-state index contributed by atoms with van der Waals surface area (Å²) in [7, 11) is 0. The van der Waals surface area contributed by atoms with Gasteiger partial charge < -0.3 is 5.32 Å². The van der Waals surface area contributed by atoms with Gasteiger partial charge in [-0.1, -0.05) is 0 Å². The SMILES string of the molecule is Cc1cnc(NCC(=O)Cl)s1. The Morgan fingerprint density at radius 2 is 2.64 bits per heavy atom. The summed E-state index contributed by atoms with van der Waals surface area (Å²) >= 11 is 6.61. The molecular weight excluding hydrogens is 184 g/mol. The Morgan fingerprint density at radius 1 is 1.91 bits per heavy atom. The van der Waals surface area contributed by atoms with E-state index in [1.807, 2.05) is 6.92 Å². The Morgan fingerprint density at radius 3 is 3.09 bits per heavy atom. The molecule has 0 radical (unpaired) electrons. The summed E-state index contributed by atoms with van der Waals surface area (Å²) in [6.07, 6.45) is 1.74. The van der Waals surface area contributed by atoms with E-state index in [0.717, 1.165) is 10.0 Å². The minimum absolute atomic E-state index is 0.133. The summed E-state index contributed by atoms with van der Waals surface area (Å²) in [4.78, 5) is 15.4. The van der Waals surface area contributed by atoms with Crippen LogP contribution in [0.15, 0.2) is 6.20 Å². The van der Waals surface area contributed by atoms with Crippen molar-refractivity contribution in [1.29, 1.82) is 0 Å². The molecule has 0 saturated carbocycles. The Bertz CT molecular complexity index is 261. The molecule has 5 heteroatoms. The van der Waals surface area contributed by atoms with Crippen molar-refractivity contribution in [2.45, 2.75) is 6.92 Å². The van der Waals surface area contributed by atoms with Gasteiger partial charge in [-0.2, -0.15) is 0 Å². The fraction of sp³-hybridized carbons (Fsp3) is 0.333. The number of aromatic nitrogens is 1. The lowest BCUT2D eigenvalue weighted by Crippen LogP contribution is -2.07. The molecule has 1 aromatic rings. The molecule has 1 aromatic heterocycles. The topological polar surface area (TPSA) is 42.0 Å². The molecule has 0 saturated heterocycles. The number of halogens is 1. The predicted molar refractivity (Wildman–Crippen MR) is 46.2 cm³/mol. The smallest absolute Gasteiger partial charge is 0.240 e. The van der Waals surface area contributed by atoms with Crippen molar-refractivity contribution >= 4 is 33.3 Å². The number of rotatable bonds is 3. The van der Waals surface area contributed by atoms with Gasteiger partial charge in [0.2, 0.25) is 5.24 Å². The monoisotopic (exact) mass is 190 g/mol. The number of hydrogen-bond donors (Lipinski definition) is 1.